The summed E-state index contributed by atoms with van der Waals surface area (Å²) in [6.45, 7) is 7.97. The van der Waals surface area contributed by atoms with E-state index in [-0.39, 0.29) is 30.3 Å². The van der Waals surface area contributed by atoms with Crippen molar-refractivity contribution in [3.05, 3.63) is 59.2 Å². The number of amides is 1. The highest BCUT2D eigenvalue weighted by Gasteiger charge is 2.27. The minimum Gasteiger partial charge on any atom is -0.466 e. The van der Waals surface area contributed by atoms with Gasteiger partial charge in [-0.3, -0.25) is 19.6 Å². The quantitative estimate of drug-likeness (QED) is 0.437. The zero-order chi connectivity index (χ0) is 24.5. The van der Waals surface area contributed by atoms with Crippen LogP contribution in [0.15, 0.2) is 36.7 Å². The van der Waals surface area contributed by atoms with Crippen LogP contribution in [0.5, 0.6) is 0 Å². The van der Waals surface area contributed by atoms with Crippen LogP contribution < -0.4 is 10.6 Å². The van der Waals surface area contributed by atoms with Crippen LogP contribution in [0.4, 0.5) is 0 Å². The van der Waals surface area contributed by atoms with Gasteiger partial charge in [0.2, 0.25) is 0 Å². The average Bonchev–Trinajstić information content (AvgIpc) is 2.83. The van der Waals surface area contributed by atoms with Gasteiger partial charge in [0.25, 0.3) is 5.91 Å². The number of hydrogen-bond donors (Lipinski definition) is 2. The van der Waals surface area contributed by atoms with Gasteiger partial charge in [-0.25, -0.2) is 0 Å². The lowest BCUT2D eigenvalue weighted by atomic mass is 9.90. The lowest BCUT2D eigenvalue weighted by Crippen LogP contribution is -2.47. The predicted octanol–water partition coefficient (Wildman–Crippen LogP) is 3.11. The molecule has 182 valence electrons. The fraction of sp³-hybridized carbons (Fsp3) is 0.480. The second kappa shape index (κ2) is 12.4. The Kier molecular flexibility index (Phi) is 9.33. The van der Waals surface area contributed by atoms with Gasteiger partial charge in [-0.15, -0.1) is 0 Å². The fourth-order valence-corrected chi connectivity index (χ4v) is 4.42. The van der Waals surface area contributed by atoms with E-state index in [1.807, 2.05) is 38.1 Å². The topological polar surface area (TPSA) is 96.5 Å². The largest absolute Gasteiger partial charge is 0.466 e. The maximum Gasteiger partial charge on any atom is 0.307 e. The van der Waals surface area contributed by atoms with E-state index in [1.165, 1.54) is 0 Å². The number of piperidine rings is 1. The SMILES string of the molecule is CCOC(=O)CC(C)NC(=S)N1CCC(c2nc(C)ccc2C(=O)NCc2cccnc2)CC1. The van der Waals surface area contributed by atoms with Crippen molar-refractivity contribution in [2.24, 2.45) is 0 Å². The van der Waals surface area contributed by atoms with Gasteiger partial charge in [-0.1, -0.05) is 6.07 Å². The Bertz CT molecular complexity index is 993. The predicted molar refractivity (Wildman–Crippen MR) is 134 cm³/mol. The Balaban J connectivity index is 1.58. The van der Waals surface area contributed by atoms with Gasteiger partial charge in [0.05, 0.1) is 24.3 Å². The van der Waals surface area contributed by atoms with Crippen molar-refractivity contribution in [1.29, 1.82) is 0 Å². The molecule has 0 radical (unpaired) electrons. The molecule has 1 fully saturated rings. The molecule has 0 aromatic carbocycles. The van der Waals surface area contributed by atoms with E-state index in [2.05, 4.69) is 20.5 Å². The van der Waals surface area contributed by atoms with E-state index in [9.17, 15) is 9.59 Å². The maximum absolute atomic E-state index is 13.0. The van der Waals surface area contributed by atoms with Crippen molar-refractivity contribution in [2.75, 3.05) is 19.7 Å². The minimum absolute atomic E-state index is 0.0992. The zero-order valence-corrected chi connectivity index (χ0v) is 20.9. The highest BCUT2D eigenvalue weighted by atomic mass is 32.1. The lowest BCUT2D eigenvalue weighted by molar-refractivity contribution is -0.143. The molecule has 1 unspecified atom stereocenters. The molecule has 1 saturated heterocycles. The van der Waals surface area contributed by atoms with Crippen molar-refractivity contribution in [3.63, 3.8) is 0 Å². The molecule has 2 aromatic rings. The number of esters is 1. The van der Waals surface area contributed by atoms with E-state index in [0.29, 0.717) is 23.8 Å². The van der Waals surface area contributed by atoms with Crippen LogP contribution in [0.3, 0.4) is 0 Å². The van der Waals surface area contributed by atoms with Crippen LogP contribution in [0, 0.1) is 6.92 Å². The Hall–Kier alpha value is -3.07. The van der Waals surface area contributed by atoms with Gasteiger partial charge in [0.15, 0.2) is 5.11 Å². The zero-order valence-electron chi connectivity index (χ0n) is 20.0. The molecule has 0 bridgehead atoms. The van der Waals surface area contributed by atoms with E-state index in [0.717, 1.165) is 42.9 Å². The number of nitrogens with one attached hydrogen (secondary N) is 2. The first-order valence-electron chi connectivity index (χ1n) is 11.7. The van der Waals surface area contributed by atoms with Crippen molar-refractivity contribution < 1.29 is 14.3 Å². The molecule has 3 rings (SSSR count). The second-order valence-corrected chi connectivity index (χ2v) is 8.94. The average molecular weight is 484 g/mol. The number of pyridine rings is 2. The van der Waals surface area contributed by atoms with E-state index < -0.39 is 0 Å². The first kappa shape index (κ1) is 25.6. The number of aromatic nitrogens is 2. The molecule has 34 heavy (non-hydrogen) atoms. The van der Waals surface area contributed by atoms with Gasteiger partial charge < -0.3 is 20.3 Å². The van der Waals surface area contributed by atoms with Gasteiger partial charge in [-0.2, -0.15) is 0 Å². The Morgan fingerprint density at radius 1 is 1.26 bits per heavy atom. The lowest BCUT2D eigenvalue weighted by Gasteiger charge is -2.35. The third-order valence-corrected chi connectivity index (χ3v) is 6.18. The summed E-state index contributed by atoms with van der Waals surface area (Å²) in [6, 6.07) is 7.43. The summed E-state index contributed by atoms with van der Waals surface area (Å²) in [6.07, 6.45) is 5.41. The third kappa shape index (κ3) is 7.21. The van der Waals surface area contributed by atoms with E-state index in [4.69, 9.17) is 21.9 Å². The van der Waals surface area contributed by atoms with Crippen LogP contribution in [0.25, 0.3) is 0 Å². The molecular formula is C25H33N5O3S. The highest BCUT2D eigenvalue weighted by molar-refractivity contribution is 7.80. The van der Waals surface area contributed by atoms with Gasteiger partial charge in [0.1, 0.15) is 0 Å². The third-order valence-electron chi connectivity index (χ3n) is 5.80. The number of thiocarbonyl (C=S) groups is 1. The molecule has 2 N–H and O–H groups in total. The van der Waals surface area contributed by atoms with Crippen LogP contribution in [-0.4, -0.2) is 57.6 Å². The molecule has 0 aliphatic carbocycles. The summed E-state index contributed by atoms with van der Waals surface area (Å²) in [5.74, 6) is -0.183. The Morgan fingerprint density at radius 2 is 2.03 bits per heavy atom. The summed E-state index contributed by atoms with van der Waals surface area (Å²) in [5.41, 5.74) is 3.31. The molecule has 3 heterocycles. The summed E-state index contributed by atoms with van der Waals surface area (Å²) in [4.78, 5) is 35.6. The van der Waals surface area contributed by atoms with E-state index in [1.54, 1.807) is 19.3 Å². The first-order valence-corrected chi connectivity index (χ1v) is 12.1. The molecule has 9 heteroatoms. The highest BCUT2D eigenvalue weighted by Crippen LogP contribution is 2.29. The van der Waals surface area contributed by atoms with Crippen LogP contribution in [0.1, 0.15) is 66.3 Å². The molecule has 8 nitrogen and oxygen atoms in total. The van der Waals surface area contributed by atoms with Crippen molar-refractivity contribution >= 4 is 29.2 Å². The minimum atomic E-state index is -0.233. The smallest absolute Gasteiger partial charge is 0.307 e. The summed E-state index contributed by atoms with van der Waals surface area (Å²) in [5, 5.41) is 6.87. The molecule has 1 amide bonds. The number of nitrogens with zero attached hydrogens (tertiary/aromatic N) is 3. The molecule has 0 saturated carbocycles. The Morgan fingerprint density at radius 3 is 2.71 bits per heavy atom. The monoisotopic (exact) mass is 483 g/mol. The maximum atomic E-state index is 13.0. The molecular weight excluding hydrogens is 450 g/mol. The summed E-state index contributed by atoms with van der Waals surface area (Å²) >= 11 is 5.57. The van der Waals surface area contributed by atoms with Crippen LogP contribution in [-0.2, 0) is 16.1 Å². The number of hydrogen-bond acceptors (Lipinski definition) is 6. The first-order chi connectivity index (χ1) is 16.4. The van der Waals surface area contributed by atoms with Gasteiger partial charge in [0, 0.05) is 49.7 Å². The van der Waals surface area contributed by atoms with Crippen molar-refractivity contribution in [1.82, 2.24) is 25.5 Å². The number of ether oxygens (including phenoxy) is 1. The molecule has 0 spiro atoms. The molecule has 2 aromatic heterocycles. The number of rotatable bonds is 8. The molecule has 1 aliphatic rings. The normalized spacial score (nSPS) is 14.9. The molecule has 1 aliphatic heterocycles. The standard InChI is InChI=1S/C25H33N5O3S/c1-4-33-22(31)14-18(3)29-25(34)30-12-9-20(10-13-30)23-21(8-7-17(2)28-23)24(32)27-16-19-6-5-11-26-15-19/h5-8,11,15,18,20H,4,9-10,12-14,16H2,1-3H3,(H,27,32)(H,29,34). The van der Waals surface area contributed by atoms with Gasteiger partial charge >= 0.3 is 5.97 Å². The summed E-state index contributed by atoms with van der Waals surface area (Å²) < 4.78 is 5.01. The Labute approximate surface area is 206 Å². The van der Waals surface area contributed by atoms with Crippen LogP contribution in [0.2, 0.25) is 0 Å². The number of likely N-dealkylation sites (tertiary alicyclic amines) is 1. The second-order valence-electron chi connectivity index (χ2n) is 8.55. The van der Waals surface area contributed by atoms with Gasteiger partial charge in [-0.05, 0) is 69.6 Å². The molecule has 1 atom stereocenters. The number of carbonyl (C=O) groups excluding carboxylic acids is 2. The number of carbonyl (C=O) groups is 2. The van der Waals surface area contributed by atoms with Crippen LogP contribution >= 0.6 is 12.2 Å². The summed E-state index contributed by atoms with van der Waals surface area (Å²) in [7, 11) is 0. The van der Waals surface area contributed by atoms with Crippen molar-refractivity contribution in [3.8, 4) is 0 Å². The number of aryl methyl sites for hydroxylation is 1. The fourth-order valence-electron chi connectivity index (χ4n) is 4.04. The van der Waals surface area contributed by atoms with Crippen molar-refractivity contribution in [2.45, 2.75) is 58.5 Å². The van der Waals surface area contributed by atoms with E-state index >= 15 is 0 Å².